The first-order valence-electron chi connectivity index (χ1n) is 25.3. The van der Waals surface area contributed by atoms with Gasteiger partial charge in [0.2, 0.25) is 0 Å². The molecule has 3 aliphatic heterocycles. The molecule has 3 saturated heterocycles. The van der Waals surface area contributed by atoms with Crippen LogP contribution in [0.15, 0.2) is 114 Å². The number of nitrogens with two attached hydrogens (primary N) is 2. The standard InChI is InChI=1S/C24H24F2N8.C18H29BN2O2.C12H7BrF2N6/c1-32-9-11-33(12-10-32)15-16-5-7-17(8-6-16)18-13-19(23(27)28-14-18)24-29-30-31-34(24)21-4-2-3-20(25)22(21)26;1-17(2)18(3,4)23-19(22-17)16-8-6-15(7-9-16)14-21-12-10-20(5)11-13-21;13-6-4-7(11(16)17-5-6)12-18-19-20-21(12)9-3-1-2-8(14)10(9)15/h2-8,13-14H,9-12,15H2,1H3,(H2,27,28);6-9H,10-14H2,1-5H3;1-5H,(H2,16,17). The molecule has 4 aromatic carbocycles. The second kappa shape index (κ2) is 23.9. The zero-order valence-corrected chi connectivity index (χ0v) is 45.7. The van der Waals surface area contributed by atoms with Gasteiger partial charge in [-0.1, -0.05) is 60.7 Å². The Labute approximate surface area is 458 Å². The lowest BCUT2D eigenvalue weighted by Gasteiger charge is -2.32. The average Bonchev–Trinajstić information content (AvgIpc) is 4.25. The highest BCUT2D eigenvalue weighted by Crippen LogP contribution is 2.37. The number of rotatable bonds is 10. The molecule has 0 unspecified atom stereocenters. The number of piperazine rings is 2. The largest absolute Gasteiger partial charge is 0.494 e. The third-order valence-corrected chi connectivity index (χ3v) is 14.8. The molecule has 0 aliphatic carbocycles. The van der Waals surface area contributed by atoms with Gasteiger partial charge in [-0.3, -0.25) is 9.80 Å². The molecule has 3 aliphatic rings. The number of nitrogen functional groups attached to an aromatic ring is 2. The molecule has 7 heterocycles. The first-order chi connectivity index (χ1) is 37.3. The van der Waals surface area contributed by atoms with Crippen LogP contribution in [0.25, 0.3) is 45.3 Å². The van der Waals surface area contributed by atoms with Crippen molar-refractivity contribution in [1.29, 1.82) is 0 Å². The predicted molar refractivity (Wildman–Crippen MR) is 294 cm³/mol. The highest BCUT2D eigenvalue weighted by Gasteiger charge is 2.51. The number of hydrogen-bond donors (Lipinski definition) is 2. The van der Waals surface area contributed by atoms with Crippen molar-refractivity contribution >= 4 is 40.1 Å². The van der Waals surface area contributed by atoms with Crippen LogP contribution in [0.3, 0.4) is 0 Å². The molecule has 4 aromatic heterocycles. The van der Waals surface area contributed by atoms with Crippen LogP contribution in [-0.2, 0) is 22.4 Å². The van der Waals surface area contributed by atoms with E-state index in [1.54, 1.807) is 18.3 Å². The first-order valence-corrected chi connectivity index (χ1v) is 26.1. The Hall–Kier alpha value is -7.06. The van der Waals surface area contributed by atoms with Crippen LogP contribution in [0.1, 0.15) is 38.8 Å². The topological polar surface area (TPSA) is 196 Å². The van der Waals surface area contributed by atoms with Gasteiger partial charge in [0.25, 0.3) is 0 Å². The lowest BCUT2D eigenvalue weighted by atomic mass is 9.79. The lowest BCUT2D eigenvalue weighted by molar-refractivity contribution is 0.00578. The van der Waals surface area contributed by atoms with Gasteiger partial charge in [0, 0.05) is 87.9 Å². The summed E-state index contributed by atoms with van der Waals surface area (Å²) in [5.41, 5.74) is 17.4. The summed E-state index contributed by atoms with van der Waals surface area (Å²) < 4.78 is 70.5. The minimum Gasteiger partial charge on any atom is -0.399 e. The summed E-state index contributed by atoms with van der Waals surface area (Å²) in [5.74, 6) is -3.39. The molecular formula is C54H60BBrF4N16O2. The number of hydrogen-bond acceptors (Lipinski definition) is 16. The van der Waals surface area contributed by atoms with E-state index in [-0.39, 0.29) is 53.0 Å². The third kappa shape index (κ3) is 12.8. The van der Waals surface area contributed by atoms with E-state index in [0.29, 0.717) is 15.6 Å². The Morgan fingerprint density at radius 3 is 1.47 bits per heavy atom. The van der Waals surface area contributed by atoms with Crippen LogP contribution >= 0.6 is 15.9 Å². The fourth-order valence-corrected chi connectivity index (χ4v) is 9.21. The van der Waals surface area contributed by atoms with Crippen LogP contribution in [0.5, 0.6) is 0 Å². The molecule has 0 atom stereocenters. The average molecular weight is 1130 g/mol. The van der Waals surface area contributed by atoms with Crippen molar-refractivity contribution in [2.45, 2.75) is 52.0 Å². The Balaban J connectivity index is 0.000000148. The number of halogens is 5. The van der Waals surface area contributed by atoms with E-state index in [1.807, 2.05) is 12.1 Å². The Morgan fingerprint density at radius 1 is 0.564 bits per heavy atom. The number of pyridine rings is 2. The minimum absolute atomic E-state index is 0.113. The SMILES string of the molecule is CN1CCN(Cc2ccc(-c3cnc(N)c(-c4nnnn4-c4cccc(F)c4F)c3)cc2)CC1.CN1CCN(Cc2ccc(B3OC(C)(C)C(C)(C)O3)cc2)CC1.Nc1ncc(Br)cc1-c1nnnn1-c1cccc(F)c1F. The van der Waals surface area contributed by atoms with E-state index < -0.39 is 23.3 Å². The van der Waals surface area contributed by atoms with Gasteiger partial charge in [-0.15, -0.1) is 10.2 Å². The molecule has 8 aromatic rings. The molecule has 406 valence electrons. The zero-order chi connectivity index (χ0) is 55.3. The number of likely N-dealkylation sites (N-methyl/N-ethyl adjacent to an activating group) is 2. The van der Waals surface area contributed by atoms with E-state index in [2.05, 4.69) is 155 Å². The monoisotopic (exact) mass is 1130 g/mol. The highest BCUT2D eigenvalue weighted by molar-refractivity contribution is 9.10. The van der Waals surface area contributed by atoms with Gasteiger partial charge in [-0.25, -0.2) is 27.5 Å². The van der Waals surface area contributed by atoms with Crippen molar-refractivity contribution in [1.82, 2.24) is 70.0 Å². The van der Waals surface area contributed by atoms with Crippen molar-refractivity contribution < 1.29 is 26.9 Å². The minimum atomic E-state index is -1.05. The van der Waals surface area contributed by atoms with Crippen molar-refractivity contribution in [3.63, 3.8) is 0 Å². The van der Waals surface area contributed by atoms with Crippen LogP contribution in [0.2, 0.25) is 0 Å². The number of nitrogens with zero attached hydrogens (tertiary/aromatic N) is 14. The van der Waals surface area contributed by atoms with Crippen LogP contribution < -0.4 is 16.9 Å². The van der Waals surface area contributed by atoms with E-state index in [1.165, 1.54) is 41.6 Å². The van der Waals surface area contributed by atoms with Gasteiger partial charge in [0.1, 0.15) is 23.0 Å². The lowest BCUT2D eigenvalue weighted by Crippen LogP contribution is -2.43. The van der Waals surface area contributed by atoms with E-state index >= 15 is 0 Å². The summed E-state index contributed by atoms with van der Waals surface area (Å²) in [7, 11) is 4.07. The molecule has 0 radical (unpaired) electrons. The van der Waals surface area contributed by atoms with E-state index in [0.717, 1.165) is 104 Å². The van der Waals surface area contributed by atoms with Crippen LogP contribution in [-0.4, -0.2) is 155 Å². The normalized spacial score (nSPS) is 16.8. The predicted octanol–water partition coefficient (Wildman–Crippen LogP) is 7.08. The maximum Gasteiger partial charge on any atom is 0.494 e. The highest BCUT2D eigenvalue weighted by atomic mass is 79.9. The molecule has 78 heavy (non-hydrogen) atoms. The molecule has 0 spiro atoms. The summed E-state index contributed by atoms with van der Waals surface area (Å²) in [6.45, 7) is 19.2. The van der Waals surface area contributed by atoms with Gasteiger partial charge in [0.15, 0.2) is 34.9 Å². The van der Waals surface area contributed by atoms with Gasteiger partial charge < -0.3 is 30.6 Å². The van der Waals surface area contributed by atoms with Crippen molar-refractivity contribution in [2.24, 2.45) is 0 Å². The molecule has 18 nitrogen and oxygen atoms in total. The molecule has 11 rings (SSSR count). The number of benzene rings is 4. The Kier molecular flexibility index (Phi) is 17.1. The second-order valence-electron chi connectivity index (χ2n) is 20.4. The zero-order valence-electron chi connectivity index (χ0n) is 44.2. The van der Waals surface area contributed by atoms with Gasteiger partial charge >= 0.3 is 7.12 Å². The Morgan fingerprint density at radius 2 is 1.00 bits per heavy atom. The fourth-order valence-electron chi connectivity index (χ4n) is 8.88. The smallest absolute Gasteiger partial charge is 0.399 e. The molecule has 0 amide bonds. The molecule has 0 saturated carbocycles. The summed E-state index contributed by atoms with van der Waals surface area (Å²) in [6, 6.07) is 28.0. The Bertz CT molecular complexity index is 3300. The van der Waals surface area contributed by atoms with Crippen molar-refractivity contribution in [3.05, 3.63) is 148 Å². The molecule has 0 bridgehead atoms. The van der Waals surface area contributed by atoms with Gasteiger partial charge in [0.05, 0.1) is 22.3 Å². The van der Waals surface area contributed by atoms with E-state index in [4.69, 9.17) is 20.8 Å². The maximum absolute atomic E-state index is 14.4. The summed E-state index contributed by atoms with van der Waals surface area (Å²) in [6.07, 6.45) is 3.18. The second-order valence-corrected chi connectivity index (χ2v) is 21.3. The van der Waals surface area contributed by atoms with Crippen molar-refractivity contribution in [2.75, 3.05) is 77.9 Å². The molecule has 3 fully saturated rings. The summed E-state index contributed by atoms with van der Waals surface area (Å²) in [5, 5.41) is 22.5. The van der Waals surface area contributed by atoms with E-state index in [9.17, 15) is 17.6 Å². The number of tetrazole rings is 2. The number of aromatic nitrogens is 10. The van der Waals surface area contributed by atoms with Crippen LogP contribution in [0, 0.1) is 23.3 Å². The molecule has 24 heteroatoms. The first kappa shape index (κ1) is 55.7. The maximum atomic E-state index is 14.4. The number of anilines is 2. The van der Waals surface area contributed by atoms with Crippen molar-refractivity contribution in [3.8, 4) is 45.3 Å². The fraction of sp³-hybridized carbons (Fsp3) is 0.333. The van der Waals surface area contributed by atoms with Gasteiger partial charge in [-0.05, 0) is 137 Å². The summed E-state index contributed by atoms with van der Waals surface area (Å²) >= 11 is 3.26. The molecular weight excluding hydrogens is 1070 g/mol. The third-order valence-electron chi connectivity index (χ3n) is 14.3. The molecule has 4 N–H and O–H groups in total. The summed E-state index contributed by atoms with van der Waals surface area (Å²) in [4.78, 5) is 18.0. The van der Waals surface area contributed by atoms with Gasteiger partial charge in [-0.2, -0.15) is 9.36 Å². The van der Waals surface area contributed by atoms with Crippen LogP contribution in [0.4, 0.5) is 29.2 Å². The quantitative estimate of drug-likeness (QED) is 0.104.